The maximum absolute atomic E-state index is 11.3. The fraction of sp³-hybridized carbons (Fsp3) is 0.235. The fourth-order valence-corrected chi connectivity index (χ4v) is 2.02. The lowest BCUT2D eigenvalue weighted by atomic mass is 10.00. The predicted molar refractivity (Wildman–Crippen MR) is 88.1 cm³/mol. The van der Waals surface area contributed by atoms with Crippen LogP contribution in [0.4, 0.5) is 0 Å². The number of nitrogens with zero attached hydrogens (tertiary/aromatic N) is 1. The normalized spacial score (nSPS) is 20.4. The zero-order valence-electron chi connectivity index (χ0n) is 12.8. The zero-order valence-corrected chi connectivity index (χ0v) is 13.6. The number of hydrogen-bond donors (Lipinski definition) is 1. The molecule has 2 N–H and O–H groups in total. The Morgan fingerprint density at radius 1 is 1.43 bits per heavy atom. The van der Waals surface area contributed by atoms with Crippen molar-refractivity contribution in [3.63, 3.8) is 0 Å². The van der Waals surface area contributed by atoms with Gasteiger partial charge in [0.1, 0.15) is 11.3 Å². The van der Waals surface area contributed by atoms with Crippen molar-refractivity contribution in [3.05, 3.63) is 53.7 Å². The predicted octanol–water partition coefficient (Wildman–Crippen LogP) is 2.63. The minimum absolute atomic E-state index is 0.451. The molecule has 0 radical (unpaired) electrons. The van der Waals surface area contributed by atoms with Gasteiger partial charge in [-0.15, -0.1) is 0 Å². The van der Waals surface area contributed by atoms with Gasteiger partial charge >= 0.3 is 12.3 Å². The maximum Gasteiger partial charge on any atom is 0.308 e. The van der Waals surface area contributed by atoms with Crippen LogP contribution in [-0.4, -0.2) is 22.8 Å². The summed E-state index contributed by atoms with van der Waals surface area (Å²) in [5.74, 6) is 11.6. The molecule has 5 nitrogen and oxygen atoms in total. The van der Waals surface area contributed by atoms with Crippen molar-refractivity contribution in [3.8, 4) is 17.6 Å². The topological polar surface area (TPSA) is 64.8 Å². The summed E-state index contributed by atoms with van der Waals surface area (Å²) in [4.78, 5) is 11.3. The lowest BCUT2D eigenvalue weighted by Gasteiger charge is -2.31. The molecule has 0 saturated heterocycles. The second-order valence-corrected chi connectivity index (χ2v) is 5.48. The van der Waals surface area contributed by atoms with Gasteiger partial charge in [-0.2, -0.15) is 0 Å². The molecule has 2 atom stereocenters. The summed E-state index contributed by atoms with van der Waals surface area (Å²) in [6, 6.07) is 6.76. The number of ether oxygens (including phenoxy) is 2. The Morgan fingerprint density at radius 3 is 2.87 bits per heavy atom. The SMILES string of the molecule is CC(=O)OC(C#CC1(C)C=CC=CN1N)Oc1cccc(Cl)c1. The summed E-state index contributed by atoms with van der Waals surface area (Å²) >= 11 is 5.91. The van der Waals surface area contributed by atoms with E-state index in [1.807, 2.05) is 19.1 Å². The van der Waals surface area contributed by atoms with Crippen molar-refractivity contribution in [1.82, 2.24) is 5.01 Å². The van der Waals surface area contributed by atoms with Gasteiger partial charge in [-0.05, 0) is 43.2 Å². The molecule has 1 aromatic rings. The third-order valence-corrected chi connectivity index (χ3v) is 3.31. The number of carbonyl (C=O) groups is 1. The molecular weight excluding hydrogens is 316 g/mol. The Morgan fingerprint density at radius 2 is 2.22 bits per heavy atom. The van der Waals surface area contributed by atoms with Crippen molar-refractivity contribution in [2.75, 3.05) is 0 Å². The molecule has 0 saturated carbocycles. The first-order chi connectivity index (χ1) is 10.9. The van der Waals surface area contributed by atoms with Crippen LogP contribution in [0.3, 0.4) is 0 Å². The molecule has 1 aliphatic heterocycles. The van der Waals surface area contributed by atoms with Crippen LogP contribution in [0.1, 0.15) is 13.8 Å². The second kappa shape index (κ2) is 7.23. The third kappa shape index (κ3) is 4.78. The van der Waals surface area contributed by atoms with Gasteiger partial charge in [0.25, 0.3) is 0 Å². The molecule has 1 aliphatic rings. The van der Waals surface area contributed by atoms with Crippen molar-refractivity contribution in [1.29, 1.82) is 0 Å². The van der Waals surface area contributed by atoms with Gasteiger partial charge in [-0.25, -0.2) is 5.84 Å². The maximum atomic E-state index is 11.3. The van der Waals surface area contributed by atoms with Gasteiger partial charge in [0.15, 0.2) is 0 Å². The van der Waals surface area contributed by atoms with E-state index in [0.29, 0.717) is 10.8 Å². The quantitative estimate of drug-likeness (QED) is 0.399. The molecule has 0 bridgehead atoms. The van der Waals surface area contributed by atoms with E-state index in [9.17, 15) is 4.79 Å². The van der Waals surface area contributed by atoms with E-state index in [1.54, 1.807) is 36.5 Å². The molecule has 1 aromatic carbocycles. The van der Waals surface area contributed by atoms with Gasteiger partial charge in [0.05, 0.1) is 0 Å². The smallest absolute Gasteiger partial charge is 0.308 e. The van der Waals surface area contributed by atoms with Gasteiger partial charge in [0.2, 0.25) is 0 Å². The van der Waals surface area contributed by atoms with Crippen LogP contribution in [0.5, 0.6) is 5.75 Å². The second-order valence-electron chi connectivity index (χ2n) is 5.04. The first-order valence-corrected chi connectivity index (χ1v) is 7.29. The van der Waals surface area contributed by atoms with Crippen LogP contribution in [0, 0.1) is 11.8 Å². The van der Waals surface area contributed by atoms with Crippen LogP contribution in [-0.2, 0) is 9.53 Å². The molecule has 2 unspecified atom stereocenters. The van der Waals surface area contributed by atoms with Crippen LogP contribution >= 0.6 is 11.6 Å². The van der Waals surface area contributed by atoms with E-state index >= 15 is 0 Å². The highest BCUT2D eigenvalue weighted by Gasteiger charge is 2.24. The molecule has 0 aromatic heterocycles. The summed E-state index contributed by atoms with van der Waals surface area (Å²) in [6.07, 6.45) is 6.12. The molecule has 23 heavy (non-hydrogen) atoms. The van der Waals surface area contributed by atoms with Crippen LogP contribution in [0.15, 0.2) is 48.7 Å². The minimum Gasteiger partial charge on any atom is -0.444 e. The first kappa shape index (κ1) is 16.9. The first-order valence-electron chi connectivity index (χ1n) is 6.91. The molecule has 6 heteroatoms. The Labute approximate surface area is 140 Å². The number of allylic oxidation sites excluding steroid dienone is 2. The number of nitrogens with two attached hydrogens (primary N) is 1. The van der Waals surface area contributed by atoms with E-state index in [4.69, 9.17) is 26.9 Å². The molecule has 120 valence electrons. The van der Waals surface area contributed by atoms with Gasteiger partial charge < -0.3 is 9.47 Å². The Bertz CT molecular complexity index is 705. The Hall–Kier alpha value is -2.42. The van der Waals surface area contributed by atoms with Gasteiger partial charge in [0, 0.05) is 18.1 Å². The highest BCUT2D eigenvalue weighted by Crippen LogP contribution is 2.20. The monoisotopic (exact) mass is 332 g/mol. The standard InChI is InChI=1S/C17H17ClN2O3/c1-13(21)22-16(23-15-7-5-6-14(18)12-15)8-10-17(2)9-3-4-11-20(17)19/h3-7,9,11-12,16H,19H2,1-2H3. The minimum atomic E-state index is -1.06. The van der Waals surface area contributed by atoms with Crippen molar-refractivity contribution >= 4 is 17.6 Å². The average Bonchev–Trinajstić information content (AvgIpc) is 2.48. The highest BCUT2D eigenvalue weighted by molar-refractivity contribution is 6.30. The van der Waals surface area contributed by atoms with E-state index in [1.165, 1.54) is 11.9 Å². The Kier molecular flexibility index (Phi) is 5.32. The average molecular weight is 333 g/mol. The summed E-state index contributed by atoms with van der Waals surface area (Å²) in [6.45, 7) is 3.13. The Balaban J connectivity index is 2.20. The van der Waals surface area contributed by atoms with E-state index in [-0.39, 0.29) is 0 Å². The van der Waals surface area contributed by atoms with Gasteiger partial charge in [-0.3, -0.25) is 9.80 Å². The van der Waals surface area contributed by atoms with Crippen LogP contribution in [0.25, 0.3) is 0 Å². The van der Waals surface area contributed by atoms with E-state index in [2.05, 4.69) is 11.8 Å². The fourth-order valence-electron chi connectivity index (χ4n) is 1.84. The highest BCUT2D eigenvalue weighted by atomic mass is 35.5. The summed E-state index contributed by atoms with van der Waals surface area (Å²) < 4.78 is 10.7. The van der Waals surface area contributed by atoms with Crippen LogP contribution in [0.2, 0.25) is 5.02 Å². The number of halogens is 1. The number of benzene rings is 1. The summed E-state index contributed by atoms with van der Waals surface area (Å²) in [5, 5.41) is 1.97. The molecule has 0 amide bonds. The van der Waals surface area contributed by atoms with Crippen molar-refractivity contribution < 1.29 is 14.3 Å². The largest absolute Gasteiger partial charge is 0.444 e. The van der Waals surface area contributed by atoms with Crippen molar-refractivity contribution in [2.24, 2.45) is 5.84 Å². The lowest BCUT2D eigenvalue weighted by Crippen LogP contribution is -2.46. The molecule has 2 rings (SSSR count). The van der Waals surface area contributed by atoms with E-state index in [0.717, 1.165) is 0 Å². The third-order valence-electron chi connectivity index (χ3n) is 3.07. The number of hydrazine groups is 1. The lowest BCUT2D eigenvalue weighted by molar-refractivity contribution is -0.154. The summed E-state index contributed by atoms with van der Waals surface area (Å²) in [7, 11) is 0. The van der Waals surface area contributed by atoms with Crippen LogP contribution < -0.4 is 10.6 Å². The molecular formula is C17H17ClN2O3. The molecule has 0 fully saturated rings. The van der Waals surface area contributed by atoms with Crippen molar-refractivity contribution in [2.45, 2.75) is 25.7 Å². The zero-order chi connectivity index (χ0) is 16.9. The summed E-state index contributed by atoms with van der Waals surface area (Å²) in [5.41, 5.74) is -0.717. The van der Waals surface area contributed by atoms with Gasteiger partial charge in [-0.1, -0.05) is 29.7 Å². The van der Waals surface area contributed by atoms with E-state index < -0.39 is 17.8 Å². The number of esters is 1. The number of rotatable bonds is 3. The molecule has 0 spiro atoms. The molecule has 0 aliphatic carbocycles. The molecule has 1 heterocycles. The number of carbonyl (C=O) groups excluding carboxylic acids is 1. The number of hydrogen-bond acceptors (Lipinski definition) is 5.